The van der Waals surface area contributed by atoms with Crippen LogP contribution in [-0.4, -0.2) is 6.54 Å². The molecule has 0 saturated carbocycles. The normalized spacial score (nSPS) is 11.2. The number of unbranched alkanes of at least 4 members (excludes halogenated alkanes) is 6. The minimum absolute atomic E-state index is 0.629. The third-order valence-corrected chi connectivity index (χ3v) is 3.93. The first kappa shape index (κ1) is 17.2. The molecule has 0 unspecified atom stereocenters. The highest BCUT2D eigenvalue weighted by Gasteiger charge is 1.98. The SMILES string of the molecule is CCCCCCCCCNCc1ccc(C(C)C)cc1. The summed E-state index contributed by atoms with van der Waals surface area (Å²) in [6, 6.07) is 9.03. The quantitative estimate of drug-likeness (QED) is 0.514. The molecule has 0 aliphatic carbocycles. The fraction of sp³-hybridized carbons (Fsp3) is 0.684. The van der Waals surface area contributed by atoms with Crippen molar-refractivity contribution in [3.8, 4) is 0 Å². The lowest BCUT2D eigenvalue weighted by atomic mass is 10.0. The van der Waals surface area contributed by atoms with Crippen molar-refractivity contribution in [1.29, 1.82) is 0 Å². The summed E-state index contributed by atoms with van der Waals surface area (Å²) in [5.74, 6) is 0.629. The van der Waals surface area contributed by atoms with Crippen LogP contribution < -0.4 is 5.32 Å². The van der Waals surface area contributed by atoms with Crippen LogP contribution in [0, 0.1) is 0 Å². The van der Waals surface area contributed by atoms with E-state index in [9.17, 15) is 0 Å². The largest absolute Gasteiger partial charge is 0.313 e. The van der Waals surface area contributed by atoms with Gasteiger partial charge in [0.25, 0.3) is 0 Å². The Morgan fingerprint density at radius 3 is 2.05 bits per heavy atom. The third-order valence-electron chi connectivity index (χ3n) is 3.93. The zero-order chi connectivity index (χ0) is 14.6. The number of nitrogens with one attached hydrogen (secondary N) is 1. The van der Waals surface area contributed by atoms with Gasteiger partial charge in [-0.2, -0.15) is 0 Å². The molecule has 1 aromatic carbocycles. The molecule has 0 amide bonds. The van der Waals surface area contributed by atoms with Crippen LogP contribution >= 0.6 is 0 Å². The molecule has 1 aromatic rings. The number of hydrogen-bond donors (Lipinski definition) is 1. The summed E-state index contributed by atoms with van der Waals surface area (Å²) in [6.07, 6.45) is 9.70. The summed E-state index contributed by atoms with van der Waals surface area (Å²) in [6.45, 7) is 8.92. The highest BCUT2D eigenvalue weighted by Crippen LogP contribution is 2.14. The van der Waals surface area contributed by atoms with Crippen LogP contribution in [0.15, 0.2) is 24.3 Å². The summed E-state index contributed by atoms with van der Waals surface area (Å²) in [7, 11) is 0. The van der Waals surface area contributed by atoms with E-state index in [2.05, 4.69) is 50.4 Å². The molecule has 0 aliphatic heterocycles. The smallest absolute Gasteiger partial charge is 0.0205 e. The average molecular weight is 275 g/mol. The molecule has 1 nitrogen and oxygen atoms in total. The molecule has 1 rings (SSSR count). The van der Waals surface area contributed by atoms with Gasteiger partial charge in [0.15, 0.2) is 0 Å². The van der Waals surface area contributed by atoms with E-state index in [1.807, 2.05) is 0 Å². The number of hydrogen-bond acceptors (Lipinski definition) is 1. The van der Waals surface area contributed by atoms with Crippen molar-refractivity contribution >= 4 is 0 Å². The molecule has 0 atom stereocenters. The van der Waals surface area contributed by atoms with E-state index in [4.69, 9.17) is 0 Å². The van der Waals surface area contributed by atoms with Gasteiger partial charge in [-0.1, -0.05) is 83.6 Å². The molecule has 0 spiro atoms. The standard InChI is InChI=1S/C19H33N/c1-4-5-6-7-8-9-10-15-20-16-18-11-13-19(14-12-18)17(2)3/h11-14,17,20H,4-10,15-16H2,1-3H3. The molecule has 0 fully saturated rings. The Labute approximate surface area is 126 Å². The van der Waals surface area contributed by atoms with E-state index >= 15 is 0 Å². The zero-order valence-corrected chi connectivity index (χ0v) is 13.8. The molecule has 1 heteroatoms. The van der Waals surface area contributed by atoms with Crippen molar-refractivity contribution in [2.75, 3.05) is 6.54 Å². The van der Waals surface area contributed by atoms with Gasteiger partial charge >= 0.3 is 0 Å². The van der Waals surface area contributed by atoms with E-state index < -0.39 is 0 Å². The van der Waals surface area contributed by atoms with Crippen LogP contribution in [0.25, 0.3) is 0 Å². The van der Waals surface area contributed by atoms with Crippen LogP contribution in [0.2, 0.25) is 0 Å². The maximum absolute atomic E-state index is 3.55. The minimum Gasteiger partial charge on any atom is -0.313 e. The molecular formula is C19H33N. The third kappa shape index (κ3) is 7.69. The second kappa shape index (κ2) is 10.9. The van der Waals surface area contributed by atoms with Gasteiger partial charge in [-0.3, -0.25) is 0 Å². The fourth-order valence-electron chi connectivity index (χ4n) is 2.46. The Bertz CT molecular complexity index is 326. The topological polar surface area (TPSA) is 12.0 Å². The van der Waals surface area contributed by atoms with E-state index in [1.54, 1.807) is 0 Å². The summed E-state index contributed by atoms with van der Waals surface area (Å²) in [5, 5.41) is 3.55. The van der Waals surface area contributed by atoms with E-state index in [-0.39, 0.29) is 0 Å². The van der Waals surface area contributed by atoms with Crippen molar-refractivity contribution < 1.29 is 0 Å². The van der Waals surface area contributed by atoms with E-state index in [0.717, 1.165) is 13.1 Å². The molecule has 0 bridgehead atoms. The van der Waals surface area contributed by atoms with Gasteiger partial charge in [-0.25, -0.2) is 0 Å². The van der Waals surface area contributed by atoms with Gasteiger partial charge in [0.05, 0.1) is 0 Å². The maximum atomic E-state index is 3.55. The first-order valence-electron chi connectivity index (χ1n) is 8.53. The first-order valence-corrected chi connectivity index (χ1v) is 8.53. The van der Waals surface area contributed by atoms with E-state index in [0.29, 0.717) is 5.92 Å². The van der Waals surface area contributed by atoms with Crippen LogP contribution in [0.4, 0.5) is 0 Å². The lowest BCUT2D eigenvalue weighted by Gasteiger charge is -2.08. The predicted octanol–water partition coefficient (Wildman–Crippen LogP) is 5.65. The molecule has 0 aliphatic rings. The Kier molecular flexibility index (Phi) is 9.40. The van der Waals surface area contributed by atoms with Gasteiger partial charge < -0.3 is 5.32 Å². The second-order valence-corrected chi connectivity index (χ2v) is 6.19. The molecule has 1 N–H and O–H groups in total. The van der Waals surface area contributed by atoms with Crippen LogP contribution in [0.3, 0.4) is 0 Å². The molecule has 0 aromatic heterocycles. The Morgan fingerprint density at radius 2 is 1.45 bits per heavy atom. The highest BCUT2D eigenvalue weighted by atomic mass is 14.8. The number of rotatable bonds is 11. The summed E-state index contributed by atoms with van der Waals surface area (Å²) >= 11 is 0. The Morgan fingerprint density at radius 1 is 0.850 bits per heavy atom. The second-order valence-electron chi connectivity index (χ2n) is 6.19. The monoisotopic (exact) mass is 275 g/mol. The molecule has 0 radical (unpaired) electrons. The van der Waals surface area contributed by atoms with Crippen LogP contribution in [-0.2, 0) is 6.54 Å². The van der Waals surface area contributed by atoms with Gasteiger partial charge in [-0.15, -0.1) is 0 Å². The van der Waals surface area contributed by atoms with Crippen LogP contribution in [0.1, 0.15) is 82.8 Å². The predicted molar refractivity (Wildman–Crippen MR) is 90.2 cm³/mol. The number of benzene rings is 1. The zero-order valence-electron chi connectivity index (χ0n) is 13.8. The van der Waals surface area contributed by atoms with Gasteiger partial charge in [0.1, 0.15) is 0 Å². The lowest BCUT2D eigenvalue weighted by Crippen LogP contribution is -2.14. The molecule has 0 heterocycles. The Hall–Kier alpha value is -0.820. The summed E-state index contributed by atoms with van der Waals surface area (Å²) < 4.78 is 0. The van der Waals surface area contributed by atoms with Crippen molar-refractivity contribution in [3.63, 3.8) is 0 Å². The maximum Gasteiger partial charge on any atom is 0.0205 e. The lowest BCUT2D eigenvalue weighted by molar-refractivity contribution is 0.562. The summed E-state index contributed by atoms with van der Waals surface area (Å²) in [4.78, 5) is 0. The Balaban J connectivity index is 2.01. The fourth-order valence-corrected chi connectivity index (χ4v) is 2.46. The summed E-state index contributed by atoms with van der Waals surface area (Å²) in [5.41, 5.74) is 2.83. The first-order chi connectivity index (χ1) is 9.74. The molecule has 20 heavy (non-hydrogen) atoms. The van der Waals surface area contributed by atoms with Gasteiger partial charge in [0, 0.05) is 6.54 Å². The molecular weight excluding hydrogens is 242 g/mol. The van der Waals surface area contributed by atoms with Gasteiger partial charge in [-0.05, 0) is 30.0 Å². The average Bonchev–Trinajstić information content (AvgIpc) is 2.46. The van der Waals surface area contributed by atoms with Crippen molar-refractivity contribution in [3.05, 3.63) is 35.4 Å². The highest BCUT2D eigenvalue weighted by molar-refractivity contribution is 5.24. The van der Waals surface area contributed by atoms with Gasteiger partial charge in [0.2, 0.25) is 0 Å². The molecule has 114 valence electrons. The van der Waals surface area contributed by atoms with Crippen molar-refractivity contribution in [1.82, 2.24) is 5.32 Å². The van der Waals surface area contributed by atoms with Crippen molar-refractivity contribution in [2.45, 2.75) is 78.2 Å². The van der Waals surface area contributed by atoms with E-state index in [1.165, 1.54) is 56.1 Å². The molecule has 0 saturated heterocycles. The minimum atomic E-state index is 0.629. The van der Waals surface area contributed by atoms with Crippen molar-refractivity contribution in [2.24, 2.45) is 0 Å². The van der Waals surface area contributed by atoms with Crippen LogP contribution in [0.5, 0.6) is 0 Å².